The highest BCUT2D eigenvalue weighted by Crippen LogP contribution is 2.49. The zero-order valence-electron chi connectivity index (χ0n) is 14.8. The average molecular weight is 346 g/mol. The van der Waals surface area contributed by atoms with E-state index in [0.717, 1.165) is 12.8 Å². The van der Waals surface area contributed by atoms with Crippen LogP contribution in [0.5, 0.6) is 5.75 Å². The molecule has 1 aliphatic heterocycles. The minimum absolute atomic E-state index is 0.132. The first-order chi connectivity index (χ1) is 12.0. The Morgan fingerprint density at radius 3 is 2.88 bits per heavy atom. The first-order valence-electron chi connectivity index (χ1n) is 8.98. The van der Waals surface area contributed by atoms with E-state index >= 15 is 0 Å². The van der Waals surface area contributed by atoms with Crippen molar-refractivity contribution in [2.24, 2.45) is 11.3 Å². The number of nitrogens with one attached hydrogen (secondary N) is 1. The van der Waals surface area contributed by atoms with Gasteiger partial charge >= 0.3 is 5.97 Å². The number of likely N-dealkylation sites (tertiary alicyclic amines) is 1. The van der Waals surface area contributed by atoms with Gasteiger partial charge in [0.2, 0.25) is 5.91 Å². The summed E-state index contributed by atoms with van der Waals surface area (Å²) in [7, 11) is 0. The van der Waals surface area contributed by atoms with Crippen molar-refractivity contribution in [3.8, 4) is 5.75 Å². The number of ether oxygens (including phenoxy) is 1. The molecule has 1 saturated heterocycles. The van der Waals surface area contributed by atoms with Crippen LogP contribution in [0.2, 0.25) is 0 Å². The topological polar surface area (TPSA) is 78.9 Å². The van der Waals surface area contributed by atoms with Crippen molar-refractivity contribution in [2.45, 2.75) is 39.2 Å². The molecule has 0 spiro atoms. The Morgan fingerprint density at radius 2 is 2.20 bits per heavy atom. The maximum Gasteiger partial charge on any atom is 0.311 e. The van der Waals surface area contributed by atoms with Crippen LogP contribution in [-0.4, -0.2) is 47.6 Å². The minimum atomic E-state index is -0.716. The lowest BCUT2D eigenvalue weighted by atomic mass is 9.81. The van der Waals surface area contributed by atoms with E-state index in [9.17, 15) is 14.7 Å². The molecular formula is C19H26N2O4. The zero-order chi connectivity index (χ0) is 18.0. The number of carbonyl (C=O) groups is 2. The average Bonchev–Trinajstić information content (AvgIpc) is 3.14. The summed E-state index contributed by atoms with van der Waals surface area (Å²) >= 11 is 0. The normalized spacial score (nSPS) is 26.9. The fourth-order valence-corrected chi connectivity index (χ4v) is 4.23. The van der Waals surface area contributed by atoms with Gasteiger partial charge in [-0.05, 0) is 44.7 Å². The van der Waals surface area contributed by atoms with Gasteiger partial charge in [0, 0.05) is 13.1 Å². The molecule has 1 aromatic carbocycles. The Labute approximate surface area is 148 Å². The van der Waals surface area contributed by atoms with Crippen molar-refractivity contribution < 1.29 is 19.4 Å². The molecule has 25 heavy (non-hydrogen) atoms. The quantitative estimate of drug-likeness (QED) is 0.828. The van der Waals surface area contributed by atoms with Crippen molar-refractivity contribution in [1.82, 2.24) is 4.90 Å². The number of rotatable bonds is 6. The Kier molecular flexibility index (Phi) is 4.99. The molecule has 136 valence electrons. The predicted octanol–water partition coefficient (Wildman–Crippen LogP) is 2.60. The standard InChI is InChI=1S/C19H26N2O4/c1-3-25-16-9-5-4-8-15(16)20-17(22)13(2)21-11-14-7-6-10-19(14,12-21)18(23)24/h4-5,8-9,13-14H,3,6-7,10-12H2,1-2H3,(H,20,22)(H,23,24)/t13?,14-,19+/m0/s1. The van der Waals surface area contributed by atoms with Gasteiger partial charge in [-0.25, -0.2) is 0 Å². The molecule has 1 unspecified atom stereocenters. The maximum absolute atomic E-state index is 12.7. The van der Waals surface area contributed by atoms with Crippen molar-refractivity contribution in [3.05, 3.63) is 24.3 Å². The van der Waals surface area contributed by atoms with Crippen LogP contribution in [0.15, 0.2) is 24.3 Å². The van der Waals surface area contributed by atoms with Gasteiger partial charge in [0.25, 0.3) is 0 Å². The summed E-state index contributed by atoms with van der Waals surface area (Å²) in [6, 6.07) is 6.97. The Hall–Kier alpha value is -2.08. The smallest absolute Gasteiger partial charge is 0.311 e. The maximum atomic E-state index is 12.7. The molecule has 1 saturated carbocycles. The number of benzene rings is 1. The number of aliphatic carboxylic acids is 1. The van der Waals surface area contributed by atoms with Gasteiger partial charge in [0.1, 0.15) is 5.75 Å². The second kappa shape index (κ2) is 7.04. The molecule has 1 aliphatic carbocycles. The van der Waals surface area contributed by atoms with Crippen molar-refractivity contribution >= 4 is 17.6 Å². The number of carboxylic acid groups (broad SMARTS) is 1. The van der Waals surface area contributed by atoms with Crippen LogP contribution in [0, 0.1) is 11.3 Å². The molecule has 1 amide bonds. The number of hydrogen-bond acceptors (Lipinski definition) is 4. The molecule has 0 bridgehead atoms. The Bertz CT molecular complexity index is 663. The molecule has 6 nitrogen and oxygen atoms in total. The van der Waals surface area contributed by atoms with E-state index in [1.54, 1.807) is 0 Å². The van der Waals surface area contributed by atoms with Gasteiger partial charge in [-0.2, -0.15) is 0 Å². The molecule has 3 atom stereocenters. The summed E-state index contributed by atoms with van der Waals surface area (Å²) in [6.07, 6.45) is 2.61. The largest absolute Gasteiger partial charge is 0.492 e. The van der Waals surface area contributed by atoms with Gasteiger partial charge in [-0.1, -0.05) is 18.6 Å². The number of anilines is 1. The number of nitrogens with zero attached hydrogens (tertiary/aromatic N) is 1. The van der Waals surface area contributed by atoms with Crippen LogP contribution < -0.4 is 10.1 Å². The van der Waals surface area contributed by atoms with Gasteiger partial charge in [0.15, 0.2) is 0 Å². The van der Waals surface area contributed by atoms with Crippen molar-refractivity contribution in [1.29, 1.82) is 0 Å². The lowest BCUT2D eigenvalue weighted by Crippen LogP contribution is -2.43. The van der Waals surface area contributed by atoms with Crippen LogP contribution in [0.4, 0.5) is 5.69 Å². The molecule has 6 heteroatoms. The molecule has 0 aromatic heterocycles. The van der Waals surface area contributed by atoms with E-state index in [4.69, 9.17) is 4.74 Å². The van der Waals surface area contributed by atoms with Gasteiger partial charge in [-0.3, -0.25) is 14.5 Å². The second-order valence-corrected chi connectivity index (χ2v) is 7.07. The molecule has 1 aromatic rings. The zero-order valence-corrected chi connectivity index (χ0v) is 14.8. The summed E-state index contributed by atoms with van der Waals surface area (Å²) in [6.45, 7) is 5.39. The van der Waals surface area contributed by atoms with Gasteiger partial charge < -0.3 is 15.2 Å². The molecule has 2 fully saturated rings. The lowest BCUT2D eigenvalue weighted by molar-refractivity contribution is -0.149. The van der Waals surface area contributed by atoms with Crippen LogP contribution in [0.1, 0.15) is 33.1 Å². The van der Waals surface area contributed by atoms with E-state index in [1.165, 1.54) is 0 Å². The monoisotopic (exact) mass is 346 g/mol. The third kappa shape index (κ3) is 3.23. The molecule has 2 N–H and O–H groups in total. The fourth-order valence-electron chi connectivity index (χ4n) is 4.23. The summed E-state index contributed by atoms with van der Waals surface area (Å²) < 4.78 is 5.55. The highest BCUT2D eigenvalue weighted by atomic mass is 16.5. The molecular weight excluding hydrogens is 320 g/mol. The van der Waals surface area contributed by atoms with Gasteiger partial charge in [0.05, 0.1) is 23.8 Å². The SMILES string of the molecule is CCOc1ccccc1NC(=O)C(C)N1C[C@@H]2CCC[C@@]2(C(=O)O)C1. The van der Waals surface area contributed by atoms with Crippen LogP contribution in [-0.2, 0) is 9.59 Å². The van der Waals surface area contributed by atoms with Crippen LogP contribution >= 0.6 is 0 Å². The summed E-state index contributed by atoms with van der Waals surface area (Å²) in [5, 5.41) is 12.6. The first kappa shape index (κ1) is 17.7. The second-order valence-electron chi connectivity index (χ2n) is 7.07. The molecule has 1 heterocycles. The number of para-hydroxylation sites is 2. The fraction of sp³-hybridized carbons (Fsp3) is 0.579. The lowest BCUT2D eigenvalue weighted by Gasteiger charge is -2.26. The number of amides is 1. The highest BCUT2D eigenvalue weighted by Gasteiger charge is 2.55. The first-order valence-corrected chi connectivity index (χ1v) is 8.98. The predicted molar refractivity (Wildman–Crippen MR) is 94.7 cm³/mol. The number of fused-ring (bicyclic) bond motifs is 1. The van der Waals surface area contributed by atoms with E-state index in [1.807, 2.05) is 43.0 Å². The van der Waals surface area contributed by atoms with E-state index < -0.39 is 11.4 Å². The minimum Gasteiger partial charge on any atom is -0.492 e. The Balaban J connectivity index is 1.69. The number of carbonyl (C=O) groups excluding carboxylic acids is 1. The van der Waals surface area contributed by atoms with Crippen LogP contribution in [0.3, 0.4) is 0 Å². The van der Waals surface area contributed by atoms with E-state index in [2.05, 4.69) is 5.32 Å². The van der Waals surface area contributed by atoms with Crippen LogP contribution in [0.25, 0.3) is 0 Å². The van der Waals surface area contributed by atoms with Crippen molar-refractivity contribution in [3.63, 3.8) is 0 Å². The molecule has 3 rings (SSSR count). The number of hydrogen-bond donors (Lipinski definition) is 2. The highest BCUT2D eigenvalue weighted by molar-refractivity contribution is 5.96. The number of carboxylic acids is 1. The Morgan fingerprint density at radius 1 is 1.44 bits per heavy atom. The third-order valence-electron chi connectivity index (χ3n) is 5.69. The summed E-state index contributed by atoms with van der Waals surface area (Å²) in [5.41, 5.74) is -0.0221. The third-order valence-corrected chi connectivity index (χ3v) is 5.69. The summed E-state index contributed by atoms with van der Waals surface area (Å²) in [4.78, 5) is 26.5. The van der Waals surface area contributed by atoms with Crippen molar-refractivity contribution in [2.75, 3.05) is 25.0 Å². The van der Waals surface area contributed by atoms with E-state index in [-0.39, 0.29) is 17.9 Å². The summed E-state index contributed by atoms with van der Waals surface area (Å²) in [5.74, 6) is -0.0544. The molecule has 2 aliphatic rings. The van der Waals surface area contributed by atoms with Gasteiger partial charge in [-0.15, -0.1) is 0 Å². The van der Waals surface area contributed by atoms with E-state index in [0.29, 0.717) is 37.6 Å². The molecule has 0 radical (unpaired) electrons.